The Balaban J connectivity index is 1.66. The molecule has 1 aromatic heterocycles. The number of carbonyl (C=O) groups is 2. The second-order valence-corrected chi connectivity index (χ2v) is 8.83. The summed E-state index contributed by atoms with van der Waals surface area (Å²) in [6, 6.07) is 16.6. The van der Waals surface area contributed by atoms with Gasteiger partial charge in [0, 0.05) is 29.2 Å². The van der Waals surface area contributed by atoms with Crippen LogP contribution in [-0.4, -0.2) is 40.1 Å². The lowest BCUT2D eigenvalue weighted by Crippen LogP contribution is -2.28. The number of nitrogens with two attached hydrogens (primary N) is 1. The largest absolute Gasteiger partial charge is 0.497 e. The van der Waals surface area contributed by atoms with E-state index in [-0.39, 0.29) is 5.91 Å². The van der Waals surface area contributed by atoms with Crippen molar-refractivity contribution in [3.05, 3.63) is 82.0 Å². The maximum Gasteiger partial charge on any atom is 0.266 e. The predicted octanol–water partition coefficient (Wildman–Crippen LogP) is 4.83. The molecule has 1 saturated heterocycles. The van der Waals surface area contributed by atoms with E-state index < -0.39 is 5.91 Å². The van der Waals surface area contributed by atoms with Crippen molar-refractivity contribution in [2.45, 2.75) is 20.8 Å². The average Bonchev–Trinajstić information content (AvgIpc) is 3.28. The van der Waals surface area contributed by atoms with Crippen LogP contribution in [0.5, 0.6) is 5.75 Å². The highest BCUT2D eigenvalue weighted by atomic mass is 32.2. The number of primary amides is 1. The lowest BCUT2D eigenvalue weighted by Gasteiger charge is -2.12. The molecule has 2 aromatic carbocycles. The number of amidine groups is 1. The summed E-state index contributed by atoms with van der Waals surface area (Å²) in [6.45, 7) is 6.49. The molecule has 0 bridgehead atoms. The van der Waals surface area contributed by atoms with Crippen LogP contribution in [0, 0.1) is 13.8 Å². The zero-order valence-corrected chi connectivity index (χ0v) is 20.3. The van der Waals surface area contributed by atoms with E-state index >= 15 is 0 Å². The van der Waals surface area contributed by atoms with Crippen LogP contribution in [0.25, 0.3) is 11.8 Å². The SMILES string of the molecule is CCN1C(=O)/C(=C\c2cc(C)n(-c3ccc(C(N)=O)cc3)c2C)SC1=Nc1ccc(OC)cc1. The first kappa shape index (κ1) is 23.4. The van der Waals surface area contributed by atoms with Crippen molar-refractivity contribution >= 4 is 40.5 Å². The molecule has 1 fully saturated rings. The fourth-order valence-corrected chi connectivity index (χ4v) is 4.94. The summed E-state index contributed by atoms with van der Waals surface area (Å²) in [4.78, 5) is 31.5. The molecule has 2 amide bonds. The standard InChI is InChI=1S/C26H26N4O3S/c1-5-29-25(32)23(34-26(29)28-20-8-12-22(33-4)13-9-20)15-19-14-16(2)30(17(19)3)21-10-6-18(7-11-21)24(27)31/h6-15H,5H2,1-4H3,(H2,27,31)/b23-15+,28-26?. The summed E-state index contributed by atoms with van der Waals surface area (Å²) in [5.41, 5.74) is 10.5. The third kappa shape index (κ3) is 4.49. The molecule has 4 rings (SSSR count). The van der Waals surface area contributed by atoms with E-state index in [2.05, 4.69) is 9.56 Å². The number of benzene rings is 2. The van der Waals surface area contributed by atoms with Gasteiger partial charge in [0.2, 0.25) is 5.91 Å². The van der Waals surface area contributed by atoms with Gasteiger partial charge in [-0.3, -0.25) is 14.5 Å². The second-order valence-electron chi connectivity index (χ2n) is 7.83. The molecule has 7 nitrogen and oxygen atoms in total. The summed E-state index contributed by atoms with van der Waals surface area (Å²) < 4.78 is 7.29. The Kier molecular flexibility index (Phi) is 6.61. The molecular weight excluding hydrogens is 448 g/mol. The normalized spacial score (nSPS) is 16.0. The van der Waals surface area contributed by atoms with Gasteiger partial charge in [-0.15, -0.1) is 0 Å². The summed E-state index contributed by atoms with van der Waals surface area (Å²) in [7, 11) is 1.62. The van der Waals surface area contributed by atoms with Crippen molar-refractivity contribution in [3.63, 3.8) is 0 Å². The Morgan fingerprint density at radius 3 is 2.38 bits per heavy atom. The number of aromatic nitrogens is 1. The first-order valence-corrected chi connectivity index (χ1v) is 11.7. The summed E-state index contributed by atoms with van der Waals surface area (Å²) in [6.07, 6.45) is 1.92. The molecule has 2 N–H and O–H groups in total. The zero-order chi connectivity index (χ0) is 24.4. The van der Waals surface area contributed by atoms with Gasteiger partial charge in [-0.1, -0.05) is 0 Å². The number of thioether (sulfide) groups is 1. The van der Waals surface area contributed by atoms with E-state index in [9.17, 15) is 9.59 Å². The molecule has 0 saturated carbocycles. The Labute approximate surface area is 202 Å². The monoisotopic (exact) mass is 474 g/mol. The van der Waals surface area contributed by atoms with E-state index in [1.54, 1.807) is 24.1 Å². The number of aryl methyl sites for hydroxylation is 1. The van der Waals surface area contributed by atoms with Crippen LogP contribution >= 0.6 is 11.8 Å². The predicted molar refractivity (Wildman–Crippen MR) is 137 cm³/mol. The molecule has 8 heteroatoms. The molecule has 174 valence electrons. The highest BCUT2D eigenvalue weighted by Crippen LogP contribution is 2.35. The third-order valence-electron chi connectivity index (χ3n) is 5.67. The first-order valence-electron chi connectivity index (χ1n) is 10.9. The molecule has 0 unspecified atom stereocenters. The van der Waals surface area contributed by atoms with Crippen LogP contribution in [0.1, 0.15) is 34.2 Å². The Bertz CT molecular complexity index is 1310. The van der Waals surface area contributed by atoms with Crippen LogP contribution in [0.2, 0.25) is 0 Å². The lowest BCUT2D eigenvalue weighted by molar-refractivity contribution is -0.122. The highest BCUT2D eigenvalue weighted by Gasteiger charge is 2.32. The fourth-order valence-electron chi connectivity index (χ4n) is 3.88. The first-order chi connectivity index (χ1) is 16.3. The van der Waals surface area contributed by atoms with E-state index in [0.717, 1.165) is 34.1 Å². The molecule has 0 atom stereocenters. The summed E-state index contributed by atoms with van der Waals surface area (Å²) in [5, 5.41) is 0.653. The quantitative estimate of drug-likeness (QED) is 0.519. The van der Waals surface area contributed by atoms with E-state index in [1.807, 2.05) is 69.3 Å². The Morgan fingerprint density at radius 2 is 1.79 bits per heavy atom. The number of methoxy groups -OCH3 is 1. The van der Waals surface area contributed by atoms with Crippen LogP contribution in [0.15, 0.2) is 64.5 Å². The maximum atomic E-state index is 13.1. The number of aliphatic imine (C=N–C) groups is 1. The van der Waals surface area contributed by atoms with Crippen LogP contribution < -0.4 is 10.5 Å². The minimum Gasteiger partial charge on any atom is -0.497 e. The minimum absolute atomic E-state index is 0.0598. The highest BCUT2D eigenvalue weighted by molar-refractivity contribution is 8.18. The smallest absolute Gasteiger partial charge is 0.266 e. The molecule has 0 radical (unpaired) electrons. The number of likely N-dealkylation sites (N-methyl/N-ethyl adjacent to an activating group) is 1. The molecule has 1 aliphatic heterocycles. The van der Waals surface area contributed by atoms with Crippen molar-refractivity contribution in [2.75, 3.05) is 13.7 Å². The molecule has 1 aliphatic rings. The average molecular weight is 475 g/mol. The van der Waals surface area contributed by atoms with Crippen LogP contribution in [-0.2, 0) is 4.79 Å². The fraction of sp³-hybridized carbons (Fsp3) is 0.192. The van der Waals surface area contributed by atoms with Crippen molar-refractivity contribution < 1.29 is 14.3 Å². The number of hydrogen-bond donors (Lipinski definition) is 1. The van der Waals surface area contributed by atoms with Crippen LogP contribution in [0.4, 0.5) is 5.69 Å². The zero-order valence-electron chi connectivity index (χ0n) is 19.5. The second kappa shape index (κ2) is 9.61. The van der Waals surface area contributed by atoms with Crippen molar-refractivity contribution in [2.24, 2.45) is 10.7 Å². The molecule has 0 aliphatic carbocycles. The Morgan fingerprint density at radius 1 is 1.12 bits per heavy atom. The van der Waals surface area contributed by atoms with Gasteiger partial charge >= 0.3 is 0 Å². The lowest BCUT2D eigenvalue weighted by atomic mass is 10.2. The van der Waals surface area contributed by atoms with Crippen LogP contribution in [0.3, 0.4) is 0 Å². The van der Waals surface area contributed by atoms with Gasteiger partial charge < -0.3 is 15.0 Å². The van der Waals surface area contributed by atoms with Crippen molar-refractivity contribution in [1.82, 2.24) is 9.47 Å². The van der Waals surface area contributed by atoms with E-state index in [0.29, 0.717) is 22.2 Å². The number of carbonyl (C=O) groups excluding carboxylic acids is 2. The van der Waals surface area contributed by atoms with Crippen molar-refractivity contribution in [1.29, 1.82) is 0 Å². The number of hydrogen-bond acceptors (Lipinski definition) is 5. The topological polar surface area (TPSA) is 89.9 Å². The van der Waals surface area contributed by atoms with Gasteiger partial charge in [0.05, 0.1) is 17.7 Å². The summed E-state index contributed by atoms with van der Waals surface area (Å²) >= 11 is 1.37. The third-order valence-corrected chi connectivity index (χ3v) is 6.68. The van der Waals surface area contributed by atoms with Gasteiger partial charge in [-0.2, -0.15) is 0 Å². The summed E-state index contributed by atoms with van der Waals surface area (Å²) in [5.74, 6) is 0.240. The maximum absolute atomic E-state index is 13.1. The Hall–Kier alpha value is -3.78. The molecule has 3 aromatic rings. The molecule has 34 heavy (non-hydrogen) atoms. The van der Waals surface area contributed by atoms with Gasteiger partial charge in [-0.05, 0) is 98.8 Å². The minimum atomic E-state index is -0.456. The van der Waals surface area contributed by atoms with Gasteiger partial charge in [0.15, 0.2) is 5.17 Å². The van der Waals surface area contributed by atoms with Gasteiger partial charge in [0.1, 0.15) is 5.75 Å². The molecule has 0 spiro atoms. The molecular formula is C26H26N4O3S. The van der Waals surface area contributed by atoms with Crippen molar-refractivity contribution in [3.8, 4) is 11.4 Å². The molecule has 2 heterocycles. The van der Waals surface area contributed by atoms with Gasteiger partial charge in [0.25, 0.3) is 5.91 Å². The number of rotatable bonds is 6. The van der Waals surface area contributed by atoms with E-state index in [1.165, 1.54) is 11.8 Å². The number of ether oxygens (including phenoxy) is 1. The van der Waals surface area contributed by atoms with E-state index in [4.69, 9.17) is 10.5 Å². The van der Waals surface area contributed by atoms with Gasteiger partial charge in [-0.25, -0.2) is 4.99 Å². The number of amides is 2. The number of nitrogens with zero attached hydrogens (tertiary/aromatic N) is 3.